The van der Waals surface area contributed by atoms with Crippen molar-refractivity contribution in [1.29, 1.82) is 0 Å². The van der Waals surface area contributed by atoms with Gasteiger partial charge in [-0.15, -0.1) is 11.3 Å². The average Bonchev–Trinajstić information content (AvgIpc) is 3.15. The van der Waals surface area contributed by atoms with Crippen LogP contribution in [0.25, 0.3) is 0 Å². The fourth-order valence-electron chi connectivity index (χ4n) is 2.69. The van der Waals surface area contributed by atoms with E-state index in [1.54, 1.807) is 5.38 Å². The number of carbonyl (C=O) groups excluding carboxylic acids is 1. The molecule has 1 aliphatic carbocycles. The third kappa shape index (κ3) is 4.10. The summed E-state index contributed by atoms with van der Waals surface area (Å²) in [7, 11) is 0. The Kier molecular flexibility index (Phi) is 4.39. The largest absolute Gasteiger partial charge is 0.406 e. The first kappa shape index (κ1) is 16.0. The van der Waals surface area contributed by atoms with E-state index in [1.165, 1.54) is 17.5 Å². The molecule has 122 valence electrons. The lowest BCUT2D eigenvalue weighted by Gasteiger charge is -2.23. The Bertz CT molecular complexity index is 658. The summed E-state index contributed by atoms with van der Waals surface area (Å²) in [6, 6.07) is 9.44. The lowest BCUT2D eigenvalue weighted by molar-refractivity contribution is -0.163. The summed E-state index contributed by atoms with van der Waals surface area (Å²) in [5, 5.41) is 2.20. The van der Waals surface area contributed by atoms with Crippen LogP contribution in [0.1, 0.15) is 22.9 Å². The van der Waals surface area contributed by atoms with Crippen LogP contribution >= 0.6 is 11.3 Å². The Balaban J connectivity index is 1.71. The van der Waals surface area contributed by atoms with Gasteiger partial charge in [0.25, 0.3) is 0 Å². The molecule has 0 radical (unpaired) electrons. The molecule has 0 spiro atoms. The summed E-state index contributed by atoms with van der Waals surface area (Å²) >= 11 is 1.25. The van der Waals surface area contributed by atoms with Crippen molar-refractivity contribution in [1.82, 2.24) is 9.88 Å². The molecular formula is C16H15F3N2OS. The summed E-state index contributed by atoms with van der Waals surface area (Å²) in [6.07, 6.45) is -2.28. The fraction of sp³-hybridized carbons (Fsp3) is 0.375. The average molecular weight is 340 g/mol. The molecule has 0 unspecified atom stereocenters. The van der Waals surface area contributed by atoms with Gasteiger partial charge in [-0.1, -0.05) is 30.3 Å². The molecule has 3 nitrogen and oxygen atoms in total. The molecule has 0 aliphatic heterocycles. The molecule has 2 aromatic rings. The van der Waals surface area contributed by atoms with Crippen molar-refractivity contribution in [2.45, 2.75) is 25.1 Å². The summed E-state index contributed by atoms with van der Waals surface area (Å²) in [5.41, 5.74) is 1.01. The van der Waals surface area contributed by atoms with Crippen LogP contribution in [0, 0.1) is 5.92 Å². The van der Waals surface area contributed by atoms with Gasteiger partial charge >= 0.3 is 6.18 Å². The van der Waals surface area contributed by atoms with Crippen molar-refractivity contribution in [3.8, 4) is 0 Å². The van der Waals surface area contributed by atoms with Crippen molar-refractivity contribution < 1.29 is 18.0 Å². The number of alkyl halides is 3. The number of amides is 1. The minimum atomic E-state index is -4.41. The third-order valence-corrected chi connectivity index (χ3v) is 4.59. The number of carbonyl (C=O) groups is 1. The van der Waals surface area contributed by atoms with Gasteiger partial charge < -0.3 is 4.90 Å². The quantitative estimate of drug-likeness (QED) is 0.829. The zero-order chi connectivity index (χ0) is 16.4. The minimum Gasteiger partial charge on any atom is -0.327 e. The van der Waals surface area contributed by atoms with E-state index in [-0.39, 0.29) is 18.4 Å². The van der Waals surface area contributed by atoms with Crippen molar-refractivity contribution >= 4 is 17.2 Å². The van der Waals surface area contributed by atoms with Crippen LogP contribution in [0.5, 0.6) is 0 Å². The lowest BCUT2D eigenvalue weighted by atomic mass is 10.1. The molecule has 23 heavy (non-hydrogen) atoms. The van der Waals surface area contributed by atoms with Gasteiger partial charge in [-0.25, -0.2) is 4.98 Å². The van der Waals surface area contributed by atoms with E-state index in [0.717, 1.165) is 10.5 Å². The van der Waals surface area contributed by atoms with Crippen LogP contribution in [-0.4, -0.2) is 28.5 Å². The van der Waals surface area contributed by atoms with Crippen LogP contribution in [0.3, 0.4) is 0 Å². The summed E-state index contributed by atoms with van der Waals surface area (Å²) in [6.45, 7) is -1.32. The first-order chi connectivity index (χ1) is 10.9. The molecule has 1 amide bonds. The second-order valence-corrected chi connectivity index (χ2v) is 6.57. The maximum absolute atomic E-state index is 12.8. The SMILES string of the molecule is O=C([C@@H]1C[C@H]1c1ccccc1)N(Cc1nccs1)CC(F)(F)F. The van der Waals surface area contributed by atoms with Gasteiger partial charge in [-0.05, 0) is 17.9 Å². The van der Waals surface area contributed by atoms with Crippen LogP contribution in [-0.2, 0) is 11.3 Å². The summed E-state index contributed by atoms with van der Waals surface area (Å²) in [5.74, 6) is -0.776. The summed E-state index contributed by atoms with van der Waals surface area (Å²) in [4.78, 5) is 17.4. The number of nitrogens with zero attached hydrogens (tertiary/aromatic N) is 2. The molecule has 1 aromatic carbocycles. The van der Waals surface area contributed by atoms with Gasteiger partial charge in [-0.3, -0.25) is 4.79 Å². The highest BCUT2D eigenvalue weighted by Crippen LogP contribution is 2.48. The van der Waals surface area contributed by atoms with Crippen LogP contribution in [0.4, 0.5) is 13.2 Å². The van der Waals surface area contributed by atoms with E-state index < -0.39 is 18.6 Å². The van der Waals surface area contributed by atoms with Gasteiger partial charge in [0.05, 0.1) is 6.54 Å². The highest BCUT2D eigenvalue weighted by molar-refractivity contribution is 7.09. The number of aromatic nitrogens is 1. The van der Waals surface area contributed by atoms with Gasteiger partial charge in [0.1, 0.15) is 11.6 Å². The molecule has 3 rings (SSSR count). The molecular weight excluding hydrogens is 325 g/mol. The van der Waals surface area contributed by atoms with E-state index in [4.69, 9.17) is 0 Å². The molecule has 0 bridgehead atoms. The normalized spacial score (nSPS) is 20.3. The number of hydrogen-bond donors (Lipinski definition) is 0. The highest BCUT2D eigenvalue weighted by Gasteiger charge is 2.47. The maximum atomic E-state index is 12.8. The van der Waals surface area contributed by atoms with E-state index in [1.807, 2.05) is 30.3 Å². The predicted molar refractivity (Wildman–Crippen MR) is 80.9 cm³/mol. The fourth-order valence-corrected chi connectivity index (χ4v) is 3.32. The number of hydrogen-bond acceptors (Lipinski definition) is 3. The predicted octanol–water partition coefficient (Wildman–Crippen LogP) is 3.84. The van der Waals surface area contributed by atoms with Gasteiger partial charge in [-0.2, -0.15) is 13.2 Å². The van der Waals surface area contributed by atoms with Gasteiger partial charge in [0, 0.05) is 17.5 Å². The highest BCUT2D eigenvalue weighted by atomic mass is 32.1. The number of halogens is 3. The Morgan fingerprint density at radius 1 is 1.30 bits per heavy atom. The Labute approximate surface area is 135 Å². The monoisotopic (exact) mass is 340 g/mol. The molecule has 0 saturated heterocycles. The van der Waals surface area contributed by atoms with Gasteiger partial charge in [0.15, 0.2) is 0 Å². The molecule has 1 fully saturated rings. The van der Waals surface area contributed by atoms with Crippen molar-refractivity contribution in [2.24, 2.45) is 5.92 Å². The number of benzene rings is 1. The zero-order valence-electron chi connectivity index (χ0n) is 12.2. The number of thiazole rings is 1. The first-order valence-electron chi connectivity index (χ1n) is 7.23. The van der Waals surface area contributed by atoms with Crippen LogP contribution in [0.2, 0.25) is 0 Å². The zero-order valence-corrected chi connectivity index (χ0v) is 13.0. The summed E-state index contributed by atoms with van der Waals surface area (Å²) < 4.78 is 38.4. The molecule has 1 aliphatic rings. The van der Waals surface area contributed by atoms with E-state index >= 15 is 0 Å². The lowest BCUT2D eigenvalue weighted by Crippen LogP contribution is -2.39. The second-order valence-electron chi connectivity index (χ2n) is 5.59. The van der Waals surface area contributed by atoms with Crippen molar-refractivity contribution in [3.63, 3.8) is 0 Å². The molecule has 0 N–H and O–H groups in total. The molecule has 2 atom stereocenters. The Morgan fingerprint density at radius 3 is 2.65 bits per heavy atom. The van der Waals surface area contributed by atoms with Crippen LogP contribution in [0.15, 0.2) is 41.9 Å². The van der Waals surface area contributed by atoms with Crippen molar-refractivity contribution in [2.75, 3.05) is 6.54 Å². The third-order valence-electron chi connectivity index (χ3n) is 3.83. The van der Waals surface area contributed by atoms with Gasteiger partial charge in [0.2, 0.25) is 5.91 Å². The maximum Gasteiger partial charge on any atom is 0.406 e. The molecule has 1 heterocycles. The standard InChI is InChI=1S/C16H15F3N2OS/c17-16(18,19)10-21(9-14-20-6-7-23-14)15(22)13-8-12(13)11-4-2-1-3-5-11/h1-7,12-13H,8-10H2/t12-,13+/m0/s1. The van der Waals surface area contributed by atoms with E-state index in [9.17, 15) is 18.0 Å². The molecule has 1 saturated carbocycles. The van der Waals surface area contributed by atoms with Crippen molar-refractivity contribution in [3.05, 3.63) is 52.5 Å². The second kappa shape index (κ2) is 6.31. The smallest absolute Gasteiger partial charge is 0.327 e. The number of rotatable bonds is 5. The van der Waals surface area contributed by atoms with E-state index in [2.05, 4.69) is 4.98 Å². The Hall–Kier alpha value is -1.89. The first-order valence-corrected chi connectivity index (χ1v) is 8.11. The topological polar surface area (TPSA) is 33.2 Å². The van der Waals surface area contributed by atoms with Crippen LogP contribution < -0.4 is 0 Å². The molecule has 1 aromatic heterocycles. The minimum absolute atomic E-state index is 0.0238. The van der Waals surface area contributed by atoms with E-state index in [0.29, 0.717) is 11.4 Å². The molecule has 7 heteroatoms. The Morgan fingerprint density at radius 2 is 2.04 bits per heavy atom.